The molecule has 0 aromatic carbocycles. The van der Waals surface area contributed by atoms with Gasteiger partial charge in [0, 0.05) is 32.4 Å². The fourth-order valence-corrected chi connectivity index (χ4v) is 5.08. The van der Waals surface area contributed by atoms with E-state index in [1.165, 1.54) is 64.2 Å². The molecule has 3 heterocycles. The number of aromatic nitrogens is 1. The number of likely N-dealkylation sites (tertiary alicyclic amines) is 1. The van der Waals surface area contributed by atoms with Gasteiger partial charge in [0.15, 0.2) is 0 Å². The van der Waals surface area contributed by atoms with Crippen LogP contribution in [0.4, 0.5) is 5.82 Å². The predicted molar refractivity (Wildman–Crippen MR) is 101 cm³/mol. The van der Waals surface area contributed by atoms with Crippen LogP contribution in [0.1, 0.15) is 74.6 Å². The first-order chi connectivity index (χ1) is 12.3. The third kappa shape index (κ3) is 3.54. The molecule has 3 fully saturated rings. The minimum atomic E-state index is 0.194. The standard InChI is InChI=1S/C21H31N3O/c25-20(24-16-11-21(12-17-24)9-3-1-4-10-21)18-8-7-13-22-19(18)23-14-5-2-6-15-23/h7-8,13H,1-6,9-12,14-17H2. The number of carbonyl (C=O) groups excluding carboxylic acids is 1. The van der Waals surface area contributed by atoms with Gasteiger partial charge >= 0.3 is 0 Å². The highest BCUT2D eigenvalue weighted by Gasteiger charge is 2.37. The molecule has 4 heteroatoms. The van der Waals surface area contributed by atoms with Gasteiger partial charge in [0.1, 0.15) is 5.82 Å². The van der Waals surface area contributed by atoms with Gasteiger partial charge in [-0.25, -0.2) is 4.98 Å². The Morgan fingerprint density at radius 2 is 1.56 bits per heavy atom. The molecule has 1 aromatic heterocycles. The molecule has 3 aliphatic rings. The number of rotatable bonds is 2. The van der Waals surface area contributed by atoms with Gasteiger partial charge < -0.3 is 9.80 Å². The van der Waals surface area contributed by atoms with Crippen LogP contribution in [-0.4, -0.2) is 42.0 Å². The van der Waals surface area contributed by atoms with E-state index in [9.17, 15) is 4.79 Å². The maximum absolute atomic E-state index is 13.2. The van der Waals surface area contributed by atoms with Crippen molar-refractivity contribution in [2.45, 2.75) is 64.2 Å². The molecule has 0 atom stereocenters. The van der Waals surface area contributed by atoms with E-state index in [4.69, 9.17) is 0 Å². The van der Waals surface area contributed by atoms with E-state index >= 15 is 0 Å². The monoisotopic (exact) mass is 341 g/mol. The average molecular weight is 341 g/mol. The molecule has 1 saturated carbocycles. The van der Waals surface area contributed by atoms with E-state index in [1.807, 2.05) is 18.3 Å². The van der Waals surface area contributed by atoms with Crippen molar-refractivity contribution >= 4 is 11.7 Å². The van der Waals surface area contributed by atoms with Crippen LogP contribution >= 0.6 is 0 Å². The van der Waals surface area contributed by atoms with Gasteiger partial charge in [0.2, 0.25) is 0 Å². The lowest BCUT2D eigenvalue weighted by molar-refractivity contribution is 0.0472. The summed E-state index contributed by atoms with van der Waals surface area (Å²) in [6.45, 7) is 3.90. The third-order valence-electron chi connectivity index (χ3n) is 6.70. The zero-order valence-corrected chi connectivity index (χ0v) is 15.4. The summed E-state index contributed by atoms with van der Waals surface area (Å²) in [6.07, 6.45) is 14.8. The summed E-state index contributed by atoms with van der Waals surface area (Å²) in [6, 6.07) is 3.89. The van der Waals surface area contributed by atoms with Crippen LogP contribution in [0.15, 0.2) is 18.3 Å². The Kier molecular flexibility index (Phi) is 4.96. The maximum atomic E-state index is 13.2. The van der Waals surface area contributed by atoms with Crippen molar-refractivity contribution in [2.24, 2.45) is 5.41 Å². The second-order valence-electron chi connectivity index (χ2n) is 8.28. The quantitative estimate of drug-likeness (QED) is 0.806. The molecule has 25 heavy (non-hydrogen) atoms. The number of pyridine rings is 1. The lowest BCUT2D eigenvalue weighted by Crippen LogP contribution is -2.44. The molecule has 0 bridgehead atoms. The number of nitrogens with zero attached hydrogens (tertiary/aromatic N) is 3. The van der Waals surface area contributed by atoms with Crippen LogP contribution in [0.3, 0.4) is 0 Å². The lowest BCUT2D eigenvalue weighted by Gasteiger charge is -2.44. The number of anilines is 1. The lowest BCUT2D eigenvalue weighted by atomic mass is 9.68. The third-order valence-corrected chi connectivity index (χ3v) is 6.70. The molecule has 4 nitrogen and oxygen atoms in total. The average Bonchev–Trinajstić information content (AvgIpc) is 2.69. The highest BCUT2D eigenvalue weighted by Crippen LogP contribution is 2.44. The van der Waals surface area contributed by atoms with Crippen molar-refractivity contribution < 1.29 is 4.79 Å². The summed E-state index contributed by atoms with van der Waals surface area (Å²) in [5.41, 5.74) is 1.35. The van der Waals surface area contributed by atoms with Gasteiger partial charge in [-0.05, 0) is 62.5 Å². The van der Waals surface area contributed by atoms with Crippen molar-refractivity contribution in [2.75, 3.05) is 31.1 Å². The highest BCUT2D eigenvalue weighted by molar-refractivity contribution is 5.99. The van der Waals surface area contributed by atoms with Crippen molar-refractivity contribution in [1.82, 2.24) is 9.88 Å². The topological polar surface area (TPSA) is 36.4 Å². The Labute approximate surface area is 151 Å². The molecule has 4 rings (SSSR count). The van der Waals surface area contributed by atoms with Crippen LogP contribution < -0.4 is 4.90 Å². The molecular weight excluding hydrogens is 310 g/mol. The van der Waals surface area contributed by atoms with Gasteiger partial charge in [-0.1, -0.05) is 19.3 Å². The van der Waals surface area contributed by atoms with Crippen molar-refractivity contribution in [1.29, 1.82) is 0 Å². The normalized spacial score (nSPS) is 23.7. The SMILES string of the molecule is O=C(c1cccnc1N1CCCCC1)N1CCC2(CCCCC2)CC1. The van der Waals surface area contributed by atoms with Crippen LogP contribution in [0.2, 0.25) is 0 Å². The Balaban J connectivity index is 1.46. The molecule has 1 spiro atoms. The maximum Gasteiger partial charge on any atom is 0.257 e. The minimum absolute atomic E-state index is 0.194. The van der Waals surface area contributed by atoms with Crippen LogP contribution in [0.25, 0.3) is 0 Å². The van der Waals surface area contributed by atoms with E-state index in [2.05, 4.69) is 14.8 Å². The summed E-state index contributed by atoms with van der Waals surface area (Å²) in [5.74, 6) is 1.10. The fourth-order valence-electron chi connectivity index (χ4n) is 5.08. The number of piperidine rings is 2. The van der Waals surface area contributed by atoms with E-state index < -0.39 is 0 Å². The van der Waals surface area contributed by atoms with Crippen LogP contribution in [-0.2, 0) is 0 Å². The molecule has 0 N–H and O–H groups in total. The van der Waals surface area contributed by atoms with Crippen LogP contribution in [0, 0.1) is 5.41 Å². The molecule has 1 aliphatic carbocycles. The molecular formula is C21H31N3O. The Morgan fingerprint density at radius 1 is 0.880 bits per heavy atom. The Bertz CT molecular complexity index is 593. The van der Waals surface area contributed by atoms with Crippen molar-refractivity contribution in [3.63, 3.8) is 0 Å². The fraction of sp³-hybridized carbons (Fsp3) is 0.714. The smallest absolute Gasteiger partial charge is 0.257 e. The first kappa shape index (κ1) is 16.9. The number of carbonyl (C=O) groups is 1. The summed E-state index contributed by atoms with van der Waals surface area (Å²) in [5, 5.41) is 0. The predicted octanol–water partition coefficient (Wildman–Crippen LogP) is 4.26. The van der Waals surface area contributed by atoms with E-state index in [-0.39, 0.29) is 5.91 Å². The summed E-state index contributed by atoms with van der Waals surface area (Å²) >= 11 is 0. The molecule has 2 aliphatic heterocycles. The van der Waals surface area contributed by atoms with Gasteiger partial charge in [0.05, 0.1) is 5.56 Å². The molecule has 136 valence electrons. The molecule has 0 unspecified atom stereocenters. The van der Waals surface area contributed by atoms with Crippen molar-refractivity contribution in [3.8, 4) is 0 Å². The molecule has 1 amide bonds. The van der Waals surface area contributed by atoms with E-state index in [0.29, 0.717) is 5.41 Å². The van der Waals surface area contributed by atoms with E-state index in [0.717, 1.165) is 37.6 Å². The van der Waals surface area contributed by atoms with Gasteiger partial charge in [-0.2, -0.15) is 0 Å². The molecule has 1 aromatic rings. The van der Waals surface area contributed by atoms with Crippen molar-refractivity contribution in [3.05, 3.63) is 23.9 Å². The highest BCUT2D eigenvalue weighted by atomic mass is 16.2. The summed E-state index contributed by atoms with van der Waals surface area (Å²) in [4.78, 5) is 22.2. The molecule has 2 saturated heterocycles. The number of hydrogen-bond donors (Lipinski definition) is 0. The second-order valence-corrected chi connectivity index (χ2v) is 8.28. The number of hydrogen-bond acceptors (Lipinski definition) is 3. The van der Waals surface area contributed by atoms with Gasteiger partial charge in [-0.3, -0.25) is 4.79 Å². The summed E-state index contributed by atoms with van der Waals surface area (Å²) in [7, 11) is 0. The first-order valence-corrected chi connectivity index (χ1v) is 10.3. The Hall–Kier alpha value is -1.58. The number of amides is 1. The van der Waals surface area contributed by atoms with Gasteiger partial charge in [0.25, 0.3) is 5.91 Å². The zero-order valence-electron chi connectivity index (χ0n) is 15.4. The Morgan fingerprint density at radius 3 is 2.28 bits per heavy atom. The zero-order chi connectivity index (χ0) is 17.1. The second kappa shape index (κ2) is 7.35. The first-order valence-electron chi connectivity index (χ1n) is 10.3. The largest absolute Gasteiger partial charge is 0.356 e. The van der Waals surface area contributed by atoms with Gasteiger partial charge in [-0.15, -0.1) is 0 Å². The van der Waals surface area contributed by atoms with Crippen LogP contribution in [0.5, 0.6) is 0 Å². The van der Waals surface area contributed by atoms with E-state index in [1.54, 1.807) is 0 Å². The molecule has 0 radical (unpaired) electrons. The minimum Gasteiger partial charge on any atom is -0.356 e. The summed E-state index contributed by atoms with van der Waals surface area (Å²) < 4.78 is 0.